The van der Waals surface area contributed by atoms with E-state index < -0.39 is 0 Å². The molecule has 1 atom stereocenters. The number of imidazole rings is 1. The molecule has 144 valence electrons. The third kappa shape index (κ3) is 3.57. The van der Waals surface area contributed by atoms with Gasteiger partial charge in [-0.25, -0.2) is 4.98 Å². The lowest BCUT2D eigenvalue weighted by Gasteiger charge is -2.22. The molecule has 2 amide bonds. The highest BCUT2D eigenvalue weighted by Crippen LogP contribution is 2.25. The van der Waals surface area contributed by atoms with Gasteiger partial charge in [0, 0.05) is 23.2 Å². The zero-order valence-electron chi connectivity index (χ0n) is 15.1. The first kappa shape index (κ1) is 18.8. The summed E-state index contributed by atoms with van der Waals surface area (Å²) in [6.45, 7) is 2.76. The Morgan fingerprint density at radius 3 is 2.75 bits per heavy atom. The highest BCUT2D eigenvalue weighted by atomic mass is 35.5. The first-order valence-electron chi connectivity index (χ1n) is 8.99. The highest BCUT2D eigenvalue weighted by Gasteiger charge is 2.27. The predicted molar refractivity (Wildman–Crippen MR) is 110 cm³/mol. The van der Waals surface area contributed by atoms with Crippen LogP contribution in [0.15, 0.2) is 36.4 Å². The summed E-state index contributed by atoms with van der Waals surface area (Å²) in [7, 11) is 0. The maximum Gasteiger partial charge on any atom is 0.258 e. The minimum Gasteiger partial charge on any atom is -0.336 e. The summed E-state index contributed by atoms with van der Waals surface area (Å²) in [4.78, 5) is 34.4. The Bertz CT molecular complexity index is 1080. The molecule has 6 nitrogen and oxygen atoms in total. The van der Waals surface area contributed by atoms with Crippen molar-refractivity contribution in [1.82, 2.24) is 14.9 Å². The smallest absolute Gasteiger partial charge is 0.258 e. The standard InChI is InChI=1S/C20H18Cl2N4O2/c1-11-3-2-8-26(11)19(28)14-6-4-12(9-15(14)22)18(27)25-20-23-16-7-5-13(21)10-17(16)24-20/h4-7,9-11H,2-3,8H2,1H3,(H2,23,24,25,27). The number of hydrogen-bond donors (Lipinski definition) is 2. The summed E-state index contributed by atoms with van der Waals surface area (Å²) < 4.78 is 0. The van der Waals surface area contributed by atoms with E-state index in [1.54, 1.807) is 30.3 Å². The van der Waals surface area contributed by atoms with Crippen LogP contribution >= 0.6 is 23.2 Å². The number of rotatable bonds is 3. The Kier molecular flexibility index (Phi) is 5.00. The van der Waals surface area contributed by atoms with E-state index in [0.717, 1.165) is 24.9 Å². The van der Waals surface area contributed by atoms with Gasteiger partial charge in [0.1, 0.15) is 0 Å². The molecule has 1 saturated heterocycles. The molecule has 1 aromatic heterocycles. The lowest BCUT2D eigenvalue weighted by Crippen LogP contribution is -2.33. The number of anilines is 1. The van der Waals surface area contributed by atoms with Crippen molar-refractivity contribution >= 4 is 52.0 Å². The summed E-state index contributed by atoms with van der Waals surface area (Å²) in [5.74, 6) is -0.166. The molecule has 1 unspecified atom stereocenters. The molecule has 2 aromatic carbocycles. The van der Waals surface area contributed by atoms with Crippen molar-refractivity contribution in [2.24, 2.45) is 0 Å². The number of carbonyl (C=O) groups is 2. The topological polar surface area (TPSA) is 78.1 Å². The van der Waals surface area contributed by atoms with Gasteiger partial charge in [0.05, 0.1) is 21.6 Å². The van der Waals surface area contributed by atoms with Crippen molar-refractivity contribution < 1.29 is 9.59 Å². The van der Waals surface area contributed by atoms with Gasteiger partial charge in [-0.15, -0.1) is 0 Å². The number of aromatic nitrogens is 2. The van der Waals surface area contributed by atoms with E-state index in [2.05, 4.69) is 15.3 Å². The van der Waals surface area contributed by atoms with E-state index in [9.17, 15) is 9.59 Å². The third-order valence-corrected chi connectivity index (χ3v) is 5.50. The Labute approximate surface area is 171 Å². The normalized spacial score (nSPS) is 16.5. The summed E-state index contributed by atoms with van der Waals surface area (Å²) in [6.07, 6.45) is 1.99. The zero-order chi connectivity index (χ0) is 19.8. The molecule has 1 fully saturated rings. The predicted octanol–water partition coefficient (Wildman–Crippen LogP) is 4.75. The average molecular weight is 417 g/mol. The Morgan fingerprint density at radius 1 is 1.21 bits per heavy atom. The zero-order valence-corrected chi connectivity index (χ0v) is 16.6. The van der Waals surface area contributed by atoms with Crippen LogP contribution in [0, 0.1) is 0 Å². The molecule has 1 aliphatic rings. The van der Waals surface area contributed by atoms with E-state index in [1.165, 1.54) is 6.07 Å². The minimum absolute atomic E-state index is 0.101. The largest absolute Gasteiger partial charge is 0.336 e. The van der Waals surface area contributed by atoms with Gasteiger partial charge in [0.2, 0.25) is 5.95 Å². The Hall–Kier alpha value is -2.57. The fraction of sp³-hybridized carbons (Fsp3) is 0.250. The number of benzene rings is 2. The van der Waals surface area contributed by atoms with Crippen molar-refractivity contribution in [1.29, 1.82) is 0 Å². The number of fused-ring (bicyclic) bond motifs is 1. The molecular formula is C20H18Cl2N4O2. The molecule has 0 bridgehead atoms. The number of nitrogens with zero attached hydrogens (tertiary/aromatic N) is 2. The second-order valence-electron chi connectivity index (χ2n) is 6.89. The van der Waals surface area contributed by atoms with Crippen LogP contribution in [0.4, 0.5) is 5.95 Å². The number of H-pyrrole nitrogens is 1. The molecule has 2 N–H and O–H groups in total. The van der Waals surface area contributed by atoms with E-state index in [4.69, 9.17) is 23.2 Å². The summed E-state index contributed by atoms with van der Waals surface area (Å²) >= 11 is 12.3. The molecule has 0 spiro atoms. The first-order valence-corrected chi connectivity index (χ1v) is 9.75. The minimum atomic E-state index is -0.374. The monoisotopic (exact) mass is 416 g/mol. The van der Waals surface area contributed by atoms with E-state index in [-0.39, 0.29) is 22.9 Å². The summed E-state index contributed by atoms with van der Waals surface area (Å²) in [5, 5.41) is 3.54. The summed E-state index contributed by atoms with van der Waals surface area (Å²) in [5.41, 5.74) is 2.17. The van der Waals surface area contributed by atoms with Crippen LogP contribution in [0.5, 0.6) is 0 Å². The van der Waals surface area contributed by atoms with E-state index in [0.29, 0.717) is 27.6 Å². The molecule has 2 heterocycles. The van der Waals surface area contributed by atoms with Crippen LogP contribution in [-0.2, 0) is 0 Å². The third-order valence-electron chi connectivity index (χ3n) is 4.95. The van der Waals surface area contributed by atoms with Crippen LogP contribution in [0.2, 0.25) is 10.0 Å². The number of amides is 2. The van der Waals surface area contributed by atoms with Gasteiger partial charge < -0.3 is 9.88 Å². The lowest BCUT2D eigenvalue weighted by molar-refractivity contribution is 0.0747. The van der Waals surface area contributed by atoms with Crippen molar-refractivity contribution in [2.75, 3.05) is 11.9 Å². The average Bonchev–Trinajstić information content (AvgIpc) is 3.26. The van der Waals surface area contributed by atoms with Gasteiger partial charge in [-0.05, 0) is 56.2 Å². The molecule has 4 rings (SSSR count). The van der Waals surface area contributed by atoms with Crippen LogP contribution in [-0.4, -0.2) is 39.3 Å². The van der Waals surface area contributed by atoms with Crippen molar-refractivity contribution in [2.45, 2.75) is 25.8 Å². The molecule has 0 radical (unpaired) electrons. The Morgan fingerprint density at radius 2 is 2.04 bits per heavy atom. The molecular weight excluding hydrogens is 399 g/mol. The van der Waals surface area contributed by atoms with Gasteiger partial charge in [0.25, 0.3) is 11.8 Å². The lowest BCUT2D eigenvalue weighted by atomic mass is 10.1. The van der Waals surface area contributed by atoms with Crippen LogP contribution in [0.3, 0.4) is 0 Å². The first-order chi connectivity index (χ1) is 13.4. The molecule has 28 heavy (non-hydrogen) atoms. The van der Waals surface area contributed by atoms with Gasteiger partial charge in [-0.3, -0.25) is 14.9 Å². The Balaban J connectivity index is 1.52. The fourth-order valence-corrected chi connectivity index (χ4v) is 3.87. The number of nitrogens with one attached hydrogen (secondary N) is 2. The van der Waals surface area contributed by atoms with Crippen LogP contribution in [0.1, 0.15) is 40.5 Å². The van der Waals surface area contributed by atoms with Crippen LogP contribution in [0.25, 0.3) is 11.0 Å². The molecule has 0 aliphatic carbocycles. The van der Waals surface area contributed by atoms with Gasteiger partial charge in [0.15, 0.2) is 0 Å². The van der Waals surface area contributed by atoms with Gasteiger partial charge in [-0.1, -0.05) is 23.2 Å². The number of carbonyl (C=O) groups excluding carboxylic acids is 2. The molecule has 1 aliphatic heterocycles. The van der Waals surface area contributed by atoms with Crippen molar-refractivity contribution in [3.05, 3.63) is 57.6 Å². The van der Waals surface area contributed by atoms with E-state index in [1.807, 2.05) is 11.8 Å². The molecule has 0 saturated carbocycles. The maximum absolute atomic E-state index is 12.7. The number of hydrogen-bond acceptors (Lipinski definition) is 3. The van der Waals surface area contributed by atoms with Crippen molar-refractivity contribution in [3.63, 3.8) is 0 Å². The number of halogens is 2. The quantitative estimate of drug-likeness (QED) is 0.646. The second kappa shape index (κ2) is 7.45. The van der Waals surface area contributed by atoms with E-state index >= 15 is 0 Å². The number of aromatic amines is 1. The van der Waals surface area contributed by atoms with Gasteiger partial charge >= 0.3 is 0 Å². The second-order valence-corrected chi connectivity index (χ2v) is 7.73. The fourth-order valence-electron chi connectivity index (χ4n) is 3.44. The molecule has 8 heteroatoms. The van der Waals surface area contributed by atoms with Crippen molar-refractivity contribution in [3.8, 4) is 0 Å². The maximum atomic E-state index is 12.7. The number of likely N-dealkylation sites (tertiary alicyclic amines) is 1. The van der Waals surface area contributed by atoms with Gasteiger partial charge in [-0.2, -0.15) is 0 Å². The molecule has 3 aromatic rings. The highest BCUT2D eigenvalue weighted by molar-refractivity contribution is 6.34. The van der Waals surface area contributed by atoms with Crippen LogP contribution < -0.4 is 5.32 Å². The summed E-state index contributed by atoms with van der Waals surface area (Å²) in [6, 6.07) is 10.1. The SMILES string of the molecule is CC1CCCN1C(=O)c1ccc(C(=O)Nc2nc3ccc(Cl)cc3[nH]2)cc1Cl.